The monoisotopic (exact) mass is 319 g/mol. The number of ether oxygens (including phenoxy) is 2. The number of carboxylic acid groups (broad SMARTS) is 1. The van der Waals surface area contributed by atoms with Crippen molar-refractivity contribution in [1.82, 2.24) is 0 Å². The maximum absolute atomic E-state index is 11.2. The lowest BCUT2D eigenvalue weighted by molar-refractivity contribution is -0.145. The summed E-state index contributed by atoms with van der Waals surface area (Å²) in [6.07, 6.45) is 3.51. The van der Waals surface area contributed by atoms with E-state index < -0.39 is 12.1 Å². The molecule has 0 amide bonds. The molecule has 124 valence electrons. The minimum atomic E-state index is -0.991. The molecule has 1 saturated carbocycles. The average molecular weight is 319 g/mol. The standard InChI is InChI=1S/C17H21NO5/c1-3-13(16(19)20)22-15-9-11(5-6-14(15)21-2)12-10-17(23-18-12)7-4-8-17/h5-6,9,13H,3-4,7-8,10H2,1-2H3,(H,19,20). The molecule has 1 unspecified atom stereocenters. The third-order valence-corrected chi connectivity index (χ3v) is 4.52. The fourth-order valence-electron chi connectivity index (χ4n) is 2.93. The number of nitrogens with zero attached hydrogens (tertiary/aromatic N) is 1. The number of methoxy groups -OCH3 is 1. The van der Waals surface area contributed by atoms with Crippen LogP contribution in [0.15, 0.2) is 23.4 Å². The molecule has 0 radical (unpaired) electrons. The average Bonchev–Trinajstić information content (AvgIpc) is 2.98. The van der Waals surface area contributed by atoms with Crippen molar-refractivity contribution in [1.29, 1.82) is 0 Å². The van der Waals surface area contributed by atoms with E-state index in [4.69, 9.17) is 14.3 Å². The minimum absolute atomic E-state index is 0.108. The van der Waals surface area contributed by atoms with Gasteiger partial charge in [-0.05, 0) is 43.9 Å². The molecule has 1 fully saturated rings. The van der Waals surface area contributed by atoms with Crippen molar-refractivity contribution >= 4 is 11.7 Å². The SMILES string of the molecule is CCC(Oc1cc(C2=NOC3(CCC3)C2)ccc1OC)C(=O)O. The van der Waals surface area contributed by atoms with Crippen LogP contribution in [0, 0.1) is 0 Å². The van der Waals surface area contributed by atoms with Crippen LogP contribution >= 0.6 is 0 Å². The summed E-state index contributed by atoms with van der Waals surface area (Å²) in [6.45, 7) is 1.77. The third kappa shape index (κ3) is 2.98. The van der Waals surface area contributed by atoms with Gasteiger partial charge in [-0.3, -0.25) is 0 Å². The second-order valence-electron chi connectivity index (χ2n) is 6.06. The maximum atomic E-state index is 11.2. The molecule has 3 rings (SSSR count). The number of hydrogen-bond acceptors (Lipinski definition) is 5. The number of hydrogen-bond donors (Lipinski definition) is 1. The largest absolute Gasteiger partial charge is 0.493 e. The summed E-state index contributed by atoms with van der Waals surface area (Å²) >= 11 is 0. The van der Waals surface area contributed by atoms with Crippen molar-refractivity contribution in [3.05, 3.63) is 23.8 Å². The molecule has 2 aliphatic rings. The molecule has 1 atom stereocenters. The highest BCUT2D eigenvalue weighted by atomic mass is 16.7. The molecule has 6 nitrogen and oxygen atoms in total. The fourth-order valence-corrected chi connectivity index (χ4v) is 2.93. The number of rotatable bonds is 6. The Morgan fingerprint density at radius 3 is 2.74 bits per heavy atom. The van der Waals surface area contributed by atoms with Crippen LogP contribution in [0.4, 0.5) is 0 Å². The zero-order chi connectivity index (χ0) is 16.4. The van der Waals surface area contributed by atoms with Gasteiger partial charge in [-0.2, -0.15) is 0 Å². The van der Waals surface area contributed by atoms with Gasteiger partial charge in [0.05, 0.1) is 12.8 Å². The Morgan fingerprint density at radius 2 is 2.22 bits per heavy atom. The van der Waals surface area contributed by atoms with E-state index in [1.807, 2.05) is 6.07 Å². The van der Waals surface area contributed by atoms with Gasteiger partial charge in [0.2, 0.25) is 0 Å². The van der Waals surface area contributed by atoms with E-state index in [-0.39, 0.29) is 5.60 Å². The highest BCUT2D eigenvalue weighted by Crippen LogP contribution is 2.43. The van der Waals surface area contributed by atoms with E-state index in [1.54, 1.807) is 19.1 Å². The Labute approximate surface area is 135 Å². The van der Waals surface area contributed by atoms with Gasteiger partial charge in [0.25, 0.3) is 0 Å². The topological polar surface area (TPSA) is 77.3 Å². The van der Waals surface area contributed by atoms with Crippen molar-refractivity contribution in [3.8, 4) is 11.5 Å². The Bertz CT molecular complexity index is 636. The van der Waals surface area contributed by atoms with Crippen molar-refractivity contribution < 1.29 is 24.2 Å². The molecular formula is C17H21NO5. The number of oxime groups is 1. The predicted octanol–water partition coefficient (Wildman–Crippen LogP) is 2.98. The molecule has 0 saturated heterocycles. The maximum Gasteiger partial charge on any atom is 0.344 e. The summed E-state index contributed by atoms with van der Waals surface area (Å²) in [4.78, 5) is 16.8. The molecule has 1 heterocycles. The molecule has 0 aromatic heterocycles. The highest BCUT2D eigenvalue weighted by molar-refractivity contribution is 6.02. The van der Waals surface area contributed by atoms with Crippen LogP contribution in [0.2, 0.25) is 0 Å². The molecule has 1 aromatic rings. The lowest BCUT2D eigenvalue weighted by Gasteiger charge is -2.34. The van der Waals surface area contributed by atoms with Crippen LogP contribution in [0.3, 0.4) is 0 Å². The van der Waals surface area contributed by atoms with Crippen molar-refractivity contribution in [2.45, 2.75) is 50.7 Å². The van der Waals surface area contributed by atoms with Gasteiger partial charge < -0.3 is 19.4 Å². The summed E-state index contributed by atoms with van der Waals surface area (Å²) in [5.41, 5.74) is 1.65. The zero-order valence-electron chi connectivity index (χ0n) is 13.4. The zero-order valence-corrected chi connectivity index (χ0v) is 13.4. The summed E-state index contributed by atoms with van der Waals surface area (Å²) in [5.74, 6) is -0.0715. The summed E-state index contributed by atoms with van der Waals surface area (Å²) in [5, 5.41) is 13.4. The first-order valence-corrected chi connectivity index (χ1v) is 7.90. The number of carbonyl (C=O) groups is 1. The Balaban J connectivity index is 1.83. The molecule has 6 heteroatoms. The van der Waals surface area contributed by atoms with E-state index in [0.29, 0.717) is 17.9 Å². The summed E-state index contributed by atoms with van der Waals surface area (Å²) in [7, 11) is 1.53. The molecule has 1 N–H and O–H groups in total. The first-order valence-electron chi connectivity index (χ1n) is 7.90. The van der Waals surface area contributed by atoms with E-state index in [0.717, 1.165) is 30.5 Å². The van der Waals surface area contributed by atoms with Gasteiger partial charge in [-0.15, -0.1) is 0 Å². The second kappa shape index (κ2) is 6.10. The van der Waals surface area contributed by atoms with Crippen LogP contribution in [-0.4, -0.2) is 35.6 Å². The fraction of sp³-hybridized carbons (Fsp3) is 0.529. The van der Waals surface area contributed by atoms with Crippen LogP contribution in [0.5, 0.6) is 11.5 Å². The van der Waals surface area contributed by atoms with Gasteiger partial charge in [-0.25, -0.2) is 4.79 Å². The molecule has 1 aliphatic carbocycles. The smallest absolute Gasteiger partial charge is 0.344 e. The van der Waals surface area contributed by atoms with E-state index in [9.17, 15) is 9.90 Å². The first kappa shape index (κ1) is 15.6. The molecule has 23 heavy (non-hydrogen) atoms. The lowest BCUT2D eigenvalue weighted by atomic mass is 9.76. The van der Waals surface area contributed by atoms with Crippen LogP contribution < -0.4 is 9.47 Å². The van der Waals surface area contributed by atoms with Gasteiger partial charge in [-0.1, -0.05) is 12.1 Å². The molecule has 0 bridgehead atoms. The molecule has 1 spiro atoms. The van der Waals surface area contributed by atoms with Crippen molar-refractivity contribution in [2.75, 3.05) is 7.11 Å². The van der Waals surface area contributed by atoms with Gasteiger partial charge >= 0.3 is 5.97 Å². The van der Waals surface area contributed by atoms with Crippen LogP contribution in [0.1, 0.15) is 44.6 Å². The van der Waals surface area contributed by atoms with E-state index in [2.05, 4.69) is 5.16 Å². The summed E-state index contributed by atoms with van der Waals surface area (Å²) < 4.78 is 10.9. The quantitative estimate of drug-likeness (QED) is 0.872. The van der Waals surface area contributed by atoms with Gasteiger partial charge in [0.15, 0.2) is 17.6 Å². The minimum Gasteiger partial charge on any atom is -0.493 e. The van der Waals surface area contributed by atoms with E-state index >= 15 is 0 Å². The van der Waals surface area contributed by atoms with Crippen LogP contribution in [-0.2, 0) is 9.63 Å². The van der Waals surface area contributed by atoms with Crippen molar-refractivity contribution in [3.63, 3.8) is 0 Å². The Hall–Kier alpha value is -2.24. The normalized spacial score (nSPS) is 19.5. The second-order valence-corrected chi connectivity index (χ2v) is 6.06. The van der Waals surface area contributed by atoms with Gasteiger partial charge in [0.1, 0.15) is 5.60 Å². The molecular weight excluding hydrogens is 298 g/mol. The Morgan fingerprint density at radius 1 is 1.43 bits per heavy atom. The molecule has 1 aliphatic heterocycles. The molecule has 1 aromatic carbocycles. The predicted molar refractivity (Wildman–Crippen MR) is 84.2 cm³/mol. The first-order chi connectivity index (χ1) is 11.1. The van der Waals surface area contributed by atoms with Gasteiger partial charge in [0, 0.05) is 12.0 Å². The number of aliphatic carboxylic acids is 1. The number of benzene rings is 1. The number of carboxylic acids is 1. The van der Waals surface area contributed by atoms with E-state index in [1.165, 1.54) is 13.5 Å². The third-order valence-electron chi connectivity index (χ3n) is 4.52. The summed E-state index contributed by atoms with van der Waals surface area (Å²) in [6, 6.07) is 5.45. The Kier molecular flexibility index (Phi) is 4.15. The highest BCUT2D eigenvalue weighted by Gasteiger charge is 2.44. The lowest BCUT2D eigenvalue weighted by Crippen LogP contribution is -2.36. The van der Waals surface area contributed by atoms with Crippen molar-refractivity contribution in [2.24, 2.45) is 5.16 Å². The van der Waals surface area contributed by atoms with Crippen LogP contribution in [0.25, 0.3) is 0 Å².